The predicted molar refractivity (Wildman–Crippen MR) is 52.4 cm³/mol. The van der Waals surface area contributed by atoms with E-state index in [-0.39, 0.29) is 11.4 Å². The summed E-state index contributed by atoms with van der Waals surface area (Å²) in [6.07, 6.45) is 0.528. The second kappa shape index (κ2) is 3.53. The average molecular weight is 196 g/mol. The molecule has 1 heterocycles. The van der Waals surface area contributed by atoms with E-state index < -0.39 is 11.5 Å². The highest BCUT2D eigenvalue weighted by Gasteiger charge is 2.15. The van der Waals surface area contributed by atoms with Crippen LogP contribution in [0.1, 0.15) is 23.0 Å². The van der Waals surface area contributed by atoms with Gasteiger partial charge in [-0.3, -0.25) is 4.79 Å². The largest absolute Gasteiger partial charge is 0.477 e. The minimum atomic E-state index is -1.11. The number of carboxylic acid groups (broad SMARTS) is 1. The second-order valence-corrected chi connectivity index (χ2v) is 3.00. The normalized spacial score (nSPS) is 10.1. The first-order chi connectivity index (χ1) is 6.49. The SMILES string of the molecule is CCc1cc(N)c(=O)n(C)c1C(=O)O. The van der Waals surface area contributed by atoms with E-state index in [1.165, 1.54) is 13.1 Å². The molecule has 0 aliphatic carbocycles. The van der Waals surface area contributed by atoms with E-state index in [2.05, 4.69) is 0 Å². The minimum absolute atomic E-state index is 0.00620. The van der Waals surface area contributed by atoms with Crippen LogP contribution in [0.3, 0.4) is 0 Å². The van der Waals surface area contributed by atoms with Crippen molar-refractivity contribution in [1.29, 1.82) is 0 Å². The summed E-state index contributed by atoms with van der Waals surface area (Å²) in [4.78, 5) is 22.2. The number of carboxylic acids is 1. The van der Waals surface area contributed by atoms with Gasteiger partial charge in [-0.1, -0.05) is 6.92 Å². The van der Waals surface area contributed by atoms with Crippen molar-refractivity contribution in [3.8, 4) is 0 Å². The lowest BCUT2D eigenvalue weighted by Crippen LogP contribution is -2.27. The Morgan fingerprint density at radius 3 is 2.64 bits per heavy atom. The van der Waals surface area contributed by atoms with E-state index in [4.69, 9.17) is 10.8 Å². The quantitative estimate of drug-likeness (QED) is 0.708. The molecule has 0 saturated carbocycles. The molecule has 0 aliphatic heterocycles. The molecule has 1 aromatic heterocycles. The summed E-state index contributed by atoms with van der Waals surface area (Å²) in [6, 6.07) is 1.42. The highest BCUT2D eigenvalue weighted by Crippen LogP contribution is 2.10. The van der Waals surface area contributed by atoms with E-state index in [0.717, 1.165) is 4.57 Å². The number of aromatic nitrogens is 1. The van der Waals surface area contributed by atoms with Crippen molar-refractivity contribution in [3.63, 3.8) is 0 Å². The Labute approximate surface area is 80.8 Å². The summed E-state index contributed by atoms with van der Waals surface area (Å²) < 4.78 is 1.07. The van der Waals surface area contributed by atoms with Gasteiger partial charge in [0.1, 0.15) is 5.69 Å². The molecule has 0 radical (unpaired) electrons. The predicted octanol–water partition coefficient (Wildman–Crippen LogP) is 0.228. The summed E-state index contributed by atoms with van der Waals surface area (Å²) in [7, 11) is 1.40. The first-order valence-electron chi connectivity index (χ1n) is 4.20. The number of carbonyl (C=O) groups is 1. The Balaban J connectivity index is 3.61. The van der Waals surface area contributed by atoms with Crippen LogP contribution in [0.5, 0.6) is 0 Å². The molecule has 0 atom stereocenters. The molecule has 0 spiro atoms. The van der Waals surface area contributed by atoms with Crippen molar-refractivity contribution in [1.82, 2.24) is 4.57 Å². The zero-order valence-electron chi connectivity index (χ0n) is 8.07. The van der Waals surface area contributed by atoms with Crippen LogP contribution < -0.4 is 11.3 Å². The van der Waals surface area contributed by atoms with Gasteiger partial charge in [-0.25, -0.2) is 4.79 Å². The third kappa shape index (κ3) is 1.48. The molecule has 76 valence electrons. The standard InChI is InChI=1S/C9H12N2O3/c1-3-5-4-6(10)8(12)11(2)7(5)9(13)14/h4H,3,10H2,1-2H3,(H,13,14). The van der Waals surface area contributed by atoms with Gasteiger partial charge in [0.15, 0.2) is 0 Å². The summed E-state index contributed by atoms with van der Waals surface area (Å²) in [5.41, 5.74) is 5.62. The number of hydrogen-bond acceptors (Lipinski definition) is 3. The summed E-state index contributed by atoms with van der Waals surface area (Å²) in [5.74, 6) is -1.11. The topological polar surface area (TPSA) is 85.3 Å². The molecule has 0 aliphatic rings. The van der Waals surface area contributed by atoms with E-state index >= 15 is 0 Å². The molecule has 5 nitrogen and oxygen atoms in total. The van der Waals surface area contributed by atoms with Crippen LogP contribution in [0, 0.1) is 0 Å². The zero-order valence-corrected chi connectivity index (χ0v) is 8.07. The number of nitrogens with zero attached hydrogens (tertiary/aromatic N) is 1. The smallest absolute Gasteiger partial charge is 0.352 e. The van der Waals surface area contributed by atoms with E-state index in [0.29, 0.717) is 12.0 Å². The molecule has 5 heteroatoms. The third-order valence-electron chi connectivity index (χ3n) is 2.10. The molecule has 0 unspecified atom stereocenters. The van der Waals surface area contributed by atoms with E-state index in [1.807, 2.05) is 6.92 Å². The number of nitrogen functional groups attached to an aromatic ring is 1. The van der Waals surface area contributed by atoms with Crippen molar-refractivity contribution in [3.05, 3.63) is 27.7 Å². The zero-order chi connectivity index (χ0) is 10.9. The van der Waals surface area contributed by atoms with Gasteiger partial charge in [-0.15, -0.1) is 0 Å². The van der Waals surface area contributed by atoms with Crippen LogP contribution in [0.4, 0.5) is 5.69 Å². The van der Waals surface area contributed by atoms with Crippen LogP contribution >= 0.6 is 0 Å². The molecule has 0 aromatic carbocycles. The van der Waals surface area contributed by atoms with Gasteiger partial charge in [0.2, 0.25) is 0 Å². The fourth-order valence-corrected chi connectivity index (χ4v) is 1.38. The summed E-state index contributed by atoms with van der Waals surface area (Å²) in [6.45, 7) is 1.81. The average Bonchev–Trinajstić information content (AvgIpc) is 2.12. The fraction of sp³-hybridized carbons (Fsp3) is 0.333. The maximum Gasteiger partial charge on any atom is 0.352 e. The molecule has 0 saturated heterocycles. The van der Waals surface area contributed by atoms with Crippen LogP contribution in [-0.2, 0) is 13.5 Å². The molecule has 1 aromatic rings. The van der Waals surface area contributed by atoms with Crippen LogP contribution in [0.25, 0.3) is 0 Å². The Morgan fingerprint density at radius 1 is 1.64 bits per heavy atom. The van der Waals surface area contributed by atoms with Crippen molar-refractivity contribution < 1.29 is 9.90 Å². The molecule has 14 heavy (non-hydrogen) atoms. The lowest BCUT2D eigenvalue weighted by atomic mass is 10.1. The lowest BCUT2D eigenvalue weighted by molar-refractivity contribution is 0.0683. The van der Waals surface area contributed by atoms with Gasteiger partial charge in [-0.2, -0.15) is 0 Å². The lowest BCUT2D eigenvalue weighted by Gasteiger charge is -2.09. The summed E-state index contributed by atoms with van der Waals surface area (Å²) >= 11 is 0. The molecule has 3 N–H and O–H groups in total. The number of hydrogen-bond donors (Lipinski definition) is 2. The third-order valence-corrected chi connectivity index (χ3v) is 2.10. The van der Waals surface area contributed by atoms with Gasteiger partial charge in [-0.05, 0) is 18.1 Å². The maximum atomic E-state index is 11.3. The monoisotopic (exact) mass is 196 g/mol. The number of pyridine rings is 1. The Kier molecular flexibility index (Phi) is 2.60. The van der Waals surface area contributed by atoms with Gasteiger partial charge in [0, 0.05) is 7.05 Å². The van der Waals surface area contributed by atoms with Crippen LogP contribution in [0.15, 0.2) is 10.9 Å². The van der Waals surface area contributed by atoms with Gasteiger partial charge in [0.05, 0.1) is 5.69 Å². The van der Waals surface area contributed by atoms with Crippen molar-refractivity contribution >= 4 is 11.7 Å². The highest BCUT2D eigenvalue weighted by molar-refractivity contribution is 5.87. The minimum Gasteiger partial charge on any atom is -0.477 e. The first-order valence-corrected chi connectivity index (χ1v) is 4.20. The fourth-order valence-electron chi connectivity index (χ4n) is 1.38. The highest BCUT2D eigenvalue weighted by atomic mass is 16.4. The van der Waals surface area contributed by atoms with Gasteiger partial charge in [0.25, 0.3) is 5.56 Å². The first kappa shape index (κ1) is 10.3. The molecular formula is C9H12N2O3. The van der Waals surface area contributed by atoms with Gasteiger partial charge < -0.3 is 15.4 Å². The molecular weight excluding hydrogens is 184 g/mol. The number of anilines is 1. The molecule has 0 bridgehead atoms. The van der Waals surface area contributed by atoms with Crippen molar-refractivity contribution in [2.24, 2.45) is 7.05 Å². The van der Waals surface area contributed by atoms with E-state index in [1.54, 1.807) is 0 Å². The van der Waals surface area contributed by atoms with E-state index in [9.17, 15) is 9.59 Å². The summed E-state index contributed by atoms with van der Waals surface area (Å²) in [5, 5.41) is 8.89. The molecule has 0 amide bonds. The number of nitrogens with two attached hydrogens (primary N) is 1. The Morgan fingerprint density at radius 2 is 2.21 bits per heavy atom. The Hall–Kier alpha value is -1.78. The second-order valence-electron chi connectivity index (χ2n) is 3.00. The van der Waals surface area contributed by atoms with Gasteiger partial charge >= 0.3 is 5.97 Å². The number of aryl methyl sites for hydroxylation is 1. The van der Waals surface area contributed by atoms with Crippen molar-refractivity contribution in [2.45, 2.75) is 13.3 Å². The maximum absolute atomic E-state index is 11.3. The number of aromatic carboxylic acids is 1. The van der Waals surface area contributed by atoms with Crippen molar-refractivity contribution in [2.75, 3.05) is 5.73 Å². The molecule has 0 fully saturated rings. The number of rotatable bonds is 2. The Bertz CT molecular complexity index is 434. The van der Waals surface area contributed by atoms with Crippen LogP contribution in [-0.4, -0.2) is 15.6 Å². The molecule has 1 rings (SSSR count). The van der Waals surface area contributed by atoms with Crippen LogP contribution in [0.2, 0.25) is 0 Å².